The van der Waals surface area contributed by atoms with E-state index in [0.29, 0.717) is 12.8 Å². The topological polar surface area (TPSA) is 77.4 Å². The number of aliphatic hydroxyl groups is 1. The zero-order valence-electron chi connectivity index (χ0n) is 17.5. The van der Waals surface area contributed by atoms with E-state index >= 15 is 0 Å². The molecule has 26 heavy (non-hydrogen) atoms. The molecule has 0 aliphatic heterocycles. The van der Waals surface area contributed by atoms with Crippen molar-refractivity contribution in [1.82, 2.24) is 0 Å². The Kier molecular flexibility index (Phi) is 21.5. The van der Waals surface area contributed by atoms with Crippen molar-refractivity contribution in [3.63, 3.8) is 0 Å². The van der Waals surface area contributed by atoms with Crippen LogP contribution in [-0.4, -0.2) is 29.4 Å². The molecule has 0 aromatic heterocycles. The number of unbranched alkanes of at least 4 members (excludes halogenated alkanes) is 9. The van der Waals surface area contributed by atoms with Crippen LogP contribution in [0.25, 0.3) is 0 Å². The molecule has 0 aliphatic rings. The Bertz CT molecular complexity index is 387. The summed E-state index contributed by atoms with van der Waals surface area (Å²) in [4.78, 5) is 0. The van der Waals surface area contributed by atoms with E-state index in [0.717, 1.165) is 64.2 Å². The molecule has 1 N–H and O–H groups in total. The van der Waals surface area contributed by atoms with E-state index in [1.54, 1.807) is 0 Å². The molecule has 6 heteroatoms. The van der Waals surface area contributed by atoms with Gasteiger partial charge in [-0.1, -0.05) is 90.9 Å². The van der Waals surface area contributed by atoms with Gasteiger partial charge in [-0.25, -0.2) is 8.42 Å². The van der Waals surface area contributed by atoms with Gasteiger partial charge in [-0.05, 0) is 25.7 Å². The Labute approximate surface area is 185 Å². The summed E-state index contributed by atoms with van der Waals surface area (Å²) in [5, 5.41) is 8.97. The average molecular weight is 401 g/mol. The molecule has 0 amide bonds. The van der Waals surface area contributed by atoms with Crippen LogP contribution in [0.15, 0.2) is 0 Å². The fourth-order valence-electron chi connectivity index (χ4n) is 3.35. The second kappa shape index (κ2) is 19.2. The predicted molar refractivity (Wildman–Crippen MR) is 105 cm³/mol. The first-order valence-electron chi connectivity index (χ1n) is 10.5. The van der Waals surface area contributed by atoms with Crippen LogP contribution in [0.2, 0.25) is 0 Å². The van der Waals surface area contributed by atoms with Crippen molar-refractivity contribution in [1.29, 1.82) is 0 Å². The molecule has 0 saturated heterocycles. The van der Waals surface area contributed by atoms with Gasteiger partial charge in [0, 0.05) is 5.25 Å². The monoisotopic (exact) mass is 400 g/mol. The summed E-state index contributed by atoms with van der Waals surface area (Å²) in [5.74, 6) is 0. The molecular formula is C20H41NaO4S. The van der Waals surface area contributed by atoms with E-state index in [1.165, 1.54) is 25.7 Å². The fraction of sp³-hybridized carbons (Fsp3) is 1.00. The van der Waals surface area contributed by atoms with Gasteiger partial charge in [0.2, 0.25) is 0 Å². The number of hydrogen-bond donors (Lipinski definition) is 1. The maximum Gasteiger partial charge on any atom is 1.00 e. The number of rotatable bonds is 18. The van der Waals surface area contributed by atoms with E-state index in [9.17, 15) is 18.1 Å². The molecule has 0 saturated carbocycles. The molecular weight excluding hydrogens is 359 g/mol. The first-order valence-corrected chi connectivity index (χ1v) is 12.0. The van der Waals surface area contributed by atoms with Gasteiger partial charge < -0.3 is 9.66 Å². The van der Waals surface area contributed by atoms with Crippen LogP contribution in [0.5, 0.6) is 0 Å². The van der Waals surface area contributed by atoms with Gasteiger partial charge in [0.05, 0.1) is 16.2 Å². The standard InChI is InChI=1S/C20H42O4S.Na/c1-3-5-6-7-8-9-13-17-20(25(22,23)24)18-14-11-10-12-16-19(21)15-4-2;/h19-21H,3-18H2,1-2H3,(H,22,23,24);/q;+1/p-1. The molecule has 0 fully saturated rings. The average Bonchev–Trinajstić information content (AvgIpc) is 2.54. The van der Waals surface area contributed by atoms with Gasteiger partial charge in [0.1, 0.15) is 0 Å². The Hall–Kier alpha value is 0.870. The molecule has 0 heterocycles. The number of aliphatic hydroxyl groups excluding tert-OH is 1. The van der Waals surface area contributed by atoms with Crippen molar-refractivity contribution in [2.75, 3.05) is 0 Å². The van der Waals surface area contributed by atoms with Crippen molar-refractivity contribution in [3.8, 4) is 0 Å². The second-order valence-electron chi connectivity index (χ2n) is 7.46. The largest absolute Gasteiger partial charge is 1.00 e. The van der Waals surface area contributed by atoms with Crippen LogP contribution >= 0.6 is 0 Å². The van der Waals surface area contributed by atoms with E-state index in [-0.39, 0.29) is 35.7 Å². The zero-order valence-corrected chi connectivity index (χ0v) is 20.4. The van der Waals surface area contributed by atoms with Crippen LogP contribution < -0.4 is 29.6 Å². The molecule has 0 aliphatic carbocycles. The van der Waals surface area contributed by atoms with Crippen molar-refractivity contribution in [2.45, 2.75) is 128 Å². The molecule has 4 nitrogen and oxygen atoms in total. The third kappa shape index (κ3) is 18.2. The predicted octanol–water partition coefficient (Wildman–Crippen LogP) is 2.55. The van der Waals surface area contributed by atoms with Crippen molar-refractivity contribution in [2.24, 2.45) is 0 Å². The molecule has 0 radical (unpaired) electrons. The van der Waals surface area contributed by atoms with Gasteiger partial charge in [-0.3, -0.25) is 0 Å². The Morgan fingerprint density at radius 2 is 1.12 bits per heavy atom. The molecule has 2 atom stereocenters. The molecule has 0 bridgehead atoms. The molecule has 152 valence electrons. The maximum atomic E-state index is 11.4. The van der Waals surface area contributed by atoms with Gasteiger partial charge in [0.15, 0.2) is 0 Å². The smallest absolute Gasteiger partial charge is 0.748 e. The van der Waals surface area contributed by atoms with Crippen LogP contribution in [0.4, 0.5) is 0 Å². The molecule has 0 aromatic rings. The zero-order chi connectivity index (χ0) is 19.0. The van der Waals surface area contributed by atoms with Gasteiger partial charge in [0.25, 0.3) is 0 Å². The van der Waals surface area contributed by atoms with Crippen LogP contribution in [0.3, 0.4) is 0 Å². The molecule has 0 spiro atoms. The van der Waals surface area contributed by atoms with E-state index < -0.39 is 15.4 Å². The quantitative estimate of drug-likeness (QED) is 0.218. The van der Waals surface area contributed by atoms with Gasteiger partial charge in [-0.15, -0.1) is 0 Å². The summed E-state index contributed by atoms with van der Waals surface area (Å²) in [5.41, 5.74) is 0. The Morgan fingerprint density at radius 1 is 0.692 bits per heavy atom. The SMILES string of the molecule is CCCCCCCCCC(CCCCCCC(O)CCC)S(=O)(=O)[O-].[Na+]. The summed E-state index contributed by atoms with van der Waals surface area (Å²) in [6, 6.07) is 0. The summed E-state index contributed by atoms with van der Waals surface area (Å²) < 4.78 is 34.3. The minimum atomic E-state index is -4.17. The fourth-order valence-corrected chi connectivity index (χ4v) is 4.26. The first kappa shape index (κ1) is 29.1. The third-order valence-electron chi connectivity index (χ3n) is 4.97. The van der Waals surface area contributed by atoms with Crippen molar-refractivity contribution in [3.05, 3.63) is 0 Å². The first-order chi connectivity index (χ1) is 11.9. The molecule has 2 unspecified atom stereocenters. The molecule has 0 rings (SSSR count). The van der Waals surface area contributed by atoms with Crippen molar-refractivity contribution < 1.29 is 47.6 Å². The minimum Gasteiger partial charge on any atom is -0.748 e. The molecule has 0 aromatic carbocycles. The van der Waals surface area contributed by atoms with Gasteiger partial charge >= 0.3 is 29.6 Å². The number of hydrogen-bond acceptors (Lipinski definition) is 4. The van der Waals surface area contributed by atoms with E-state index in [4.69, 9.17) is 0 Å². The van der Waals surface area contributed by atoms with Crippen molar-refractivity contribution >= 4 is 10.1 Å². The third-order valence-corrected chi connectivity index (χ3v) is 6.26. The maximum absolute atomic E-state index is 11.4. The summed E-state index contributed by atoms with van der Waals surface area (Å²) in [7, 11) is -4.17. The van der Waals surface area contributed by atoms with Crippen LogP contribution in [0, 0.1) is 0 Å². The second-order valence-corrected chi connectivity index (χ2v) is 9.11. The summed E-state index contributed by atoms with van der Waals surface area (Å²) in [6.07, 6.45) is 15.2. The Morgan fingerprint density at radius 3 is 1.54 bits per heavy atom. The summed E-state index contributed by atoms with van der Waals surface area (Å²) in [6.45, 7) is 4.26. The van der Waals surface area contributed by atoms with Crippen LogP contribution in [0.1, 0.15) is 117 Å². The van der Waals surface area contributed by atoms with E-state index in [2.05, 4.69) is 13.8 Å². The summed E-state index contributed by atoms with van der Waals surface area (Å²) >= 11 is 0. The Balaban J connectivity index is 0. The van der Waals surface area contributed by atoms with E-state index in [1.807, 2.05) is 0 Å². The minimum absolute atomic E-state index is 0. The normalized spacial score (nSPS) is 14.0. The van der Waals surface area contributed by atoms with Crippen LogP contribution in [-0.2, 0) is 10.1 Å². The van der Waals surface area contributed by atoms with Gasteiger partial charge in [-0.2, -0.15) is 0 Å².